The molecular formula is C17H24Cl2N4O. The van der Waals surface area contributed by atoms with Gasteiger partial charge in [-0.25, -0.2) is 4.68 Å². The number of amides is 1. The van der Waals surface area contributed by atoms with Crippen LogP contribution >= 0.6 is 24.0 Å². The Morgan fingerprint density at radius 2 is 1.96 bits per heavy atom. The molecule has 2 aromatic rings. The van der Waals surface area contributed by atoms with Crippen molar-refractivity contribution in [2.24, 2.45) is 5.73 Å². The van der Waals surface area contributed by atoms with Crippen molar-refractivity contribution < 1.29 is 4.79 Å². The van der Waals surface area contributed by atoms with E-state index < -0.39 is 0 Å². The van der Waals surface area contributed by atoms with Crippen molar-refractivity contribution in [1.82, 2.24) is 15.1 Å². The lowest BCUT2D eigenvalue weighted by Gasteiger charge is -2.08. The molecule has 0 aliphatic rings. The summed E-state index contributed by atoms with van der Waals surface area (Å²) in [6, 6.07) is 7.57. The number of aryl methyl sites for hydroxylation is 1. The van der Waals surface area contributed by atoms with Crippen LogP contribution in [0.4, 0.5) is 0 Å². The summed E-state index contributed by atoms with van der Waals surface area (Å²) in [7, 11) is 0. The maximum Gasteiger partial charge on any atom is 0.224 e. The summed E-state index contributed by atoms with van der Waals surface area (Å²) in [6.45, 7) is 6.42. The van der Waals surface area contributed by atoms with Crippen LogP contribution in [0.15, 0.2) is 24.3 Å². The number of halogens is 2. The van der Waals surface area contributed by atoms with Gasteiger partial charge in [0.15, 0.2) is 0 Å². The highest BCUT2D eigenvalue weighted by Crippen LogP contribution is 2.20. The quantitative estimate of drug-likeness (QED) is 0.820. The molecule has 0 saturated carbocycles. The lowest BCUT2D eigenvalue weighted by atomic mass is 10.1. The van der Waals surface area contributed by atoms with Gasteiger partial charge < -0.3 is 11.1 Å². The lowest BCUT2D eigenvalue weighted by molar-refractivity contribution is -0.120. The highest BCUT2D eigenvalue weighted by atomic mass is 35.5. The molecule has 0 aliphatic carbocycles. The van der Waals surface area contributed by atoms with Crippen LogP contribution in [0.1, 0.15) is 30.3 Å². The van der Waals surface area contributed by atoms with Crippen LogP contribution in [0, 0.1) is 13.8 Å². The Morgan fingerprint density at radius 1 is 1.33 bits per heavy atom. The van der Waals surface area contributed by atoms with Gasteiger partial charge in [0.1, 0.15) is 0 Å². The predicted molar refractivity (Wildman–Crippen MR) is 100 cm³/mol. The molecule has 3 N–H and O–H groups in total. The number of benzene rings is 1. The first-order chi connectivity index (χ1) is 10.9. The van der Waals surface area contributed by atoms with Crippen molar-refractivity contribution in [2.45, 2.75) is 39.7 Å². The number of hydrogen-bond acceptors (Lipinski definition) is 3. The van der Waals surface area contributed by atoms with Gasteiger partial charge >= 0.3 is 0 Å². The summed E-state index contributed by atoms with van der Waals surface area (Å²) < 4.78 is 1.84. The first-order valence-corrected chi connectivity index (χ1v) is 8.09. The van der Waals surface area contributed by atoms with Crippen LogP contribution in [-0.2, 0) is 11.2 Å². The fourth-order valence-electron chi connectivity index (χ4n) is 2.43. The number of carbonyl (C=O) groups excluding carboxylic acids is 1. The molecule has 1 atom stereocenters. The number of nitrogens with two attached hydrogens (primary N) is 1. The Bertz CT molecular complexity index is 681. The minimum Gasteiger partial charge on any atom is -0.356 e. The van der Waals surface area contributed by atoms with E-state index in [0.717, 1.165) is 29.1 Å². The number of nitrogens with zero attached hydrogens (tertiary/aromatic N) is 2. The van der Waals surface area contributed by atoms with Crippen molar-refractivity contribution in [2.75, 3.05) is 6.54 Å². The molecule has 5 nitrogen and oxygen atoms in total. The number of rotatable bonds is 6. The van der Waals surface area contributed by atoms with Gasteiger partial charge in [-0.15, -0.1) is 12.4 Å². The molecule has 132 valence electrons. The summed E-state index contributed by atoms with van der Waals surface area (Å²) >= 11 is 5.92. The minimum absolute atomic E-state index is 0. The van der Waals surface area contributed by atoms with Crippen LogP contribution in [0.3, 0.4) is 0 Å². The molecule has 0 aliphatic heterocycles. The van der Waals surface area contributed by atoms with Gasteiger partial charge in [-0.1, -0.05) is 11.6 Å². The van der Waals surface area contributed by atoms with Gasteiger partial charge in [-0.3, -0.25) is 4.79 Å². The second-order valence-corrected chi connectivity index (χ2v) is 6.27. The number of nitrogens with one attached hydrogen (secondary N) is 1. The molecule has 1 unspecified atom stereocenters. The Hall–Kier alpha value is -1.56. The molecule has 0 saturated heterocycles. The maximum atomic E-state index is 12.1. The third kappa shape index (κ3) is 5.23. The zero-order valence-corrected chi connectivity index (χ0v) is 15.7. The summed E-state index contributed by atoms with van der Waals surface area (Å²) in [5.74, 6) is -0.00694. The van der Waals surface area contributed by atoms with Gasteiger partial charge in [-0.2, -0.15) is 5.10 Å². The zero-order valence-electron chi connectivity index (χ0n) is 14.2. The van der Waals surface area contributed by atoms with Gasteiger partial charge in [0.2, 0.25) is 5.91 Å². The van der Waals surface area contributed by atoms with E-state index in [1.807, 2.05) is 49.7 Å². The summed E-state index contributed by atoms with van der Waals surface area (Å²) in [6.07, 6.45) is 1.10. The first-order valence-electron chi connectivity index (χ1n) is 7.71. The summed E-state index contributed by atoms with van der Waals surface area (Å²) in [5, 5.41) is 8.13. The topological polar surface area (TPSA) is 72.9 Å². The molecule has 24 heavy (non-hydrogen) atoms. The predicted octanol–water partition coefficient (Wildman–Crippen LogP) is 2.96. The van der Waals surface area contributed by atoms with E-state index in [4.69, 9.17) is 17.3 Å². The van der Waals surface area contributed by atoms with Crippen molar-refractivity contribution >= 4 is 29.9 Å². The van der Waals surface area contributed by atoms with Crippen molar-refractivity contribution in [1.29, 1.82) is 0 Å². The fraction of sp³-hybridized carbons (Fsp3) is 0.412. The second-order valence-electron chi connectivity index (χ2n) is 5.83. The van der Waals surface area contributed by atoms with Crippen LogP contribution in [0.25, 0.3) is 5.69 Å². The summed E-state index contributed by atoms with van der Waals surface area (Å²) in [5.41, 5.74) is 9.40. The first kappa shape index (κ1) is 20.5. The van der Waals surface area contributed by atoms with Crippen molar-refractivity contribution in [3.63, 3.8) is 0 Å². The highest BCUT2D eigenvalue weighted by Gasteiger charge is 2.15. The number of carbonyl (C=O) groups is 1. The zero-order chi connectivity index (χ0) is 17.0. The molecular weight excluding hydrogens is 347 g/mol. The van der Waals surface area contributed by atoms with E-state index in [9.17, 15) is 4.79 Å². The molecule has 0 fully saturated rings. The minimum atomic E-state index is -0.00694. The average molecular weight is 371 g/mol. The molecule has 1 heterocycles. The van der Waals surface area contributed by atoms with E-state index >= 15 is 0 Å². The van der Waals surface area contributed by atoms with Crippen LogP contribution in [-0.4, -0.2) is 28.3 Å². The normalized spacial score (nSPS) is 11.7. The average Bonchev–Trinajstić information content (AvgIpc) is 2.76. The molecule has 2 rings (SSSR count). The van der Waals surface area contributed by atoms with Crippen LogP contribution in [0.5, 0.6) is 0 Å². The van der Waals surface area contributed by atoms with Gasteiger partial charge in [0.05, 0.1) is 17.8 Å². The van der Waals surface area contributed by atoms with Crippen LogP contribution in [0.2, 0.25) is 5.02 Å². The Labute approximate surface area is 154 Å². The Morgan fingerprint density at radius 3 is 2.54 bits per heavy atom. The van der Waals surface area contributed by atoms with Crippen LogP contribution < -0.4 is 11.1 Å². The van der Waals surface area contributed by atoms with Crippen molar-refractivity contribution in [3.8, 4) is 5.69 Å². The fourth-order valence-corrected chi connectivity index (χ4v) is 2.55. The molecule has 1 aromatic carbocycles. The molecule has 1 amide bonds. The van der Waals surface area contributed by atoms with E-state index in [2.05, 4.69) is 10.4 Å². The third-order valence-electron chi connectivity index (χ3n) is 3.77. The molecule has 1 aromatic heterocycles. The van der Waals surface area contributed by atoms with Gasteiger partial charge in [0, 0.05) is 28.9 Å². The number of hydrogen-bond donors (Lipinski definition) is 2. The highest BCUT2D eigenvalue weighted by molar-refractivity contribution is 6.30. The molecule has 7 heteroatoms. The smallest absolute Gasteiger partial charge is 0.224 e. The molecule has 0 bridgehead atoms. The molecule has 0 radical (unpaired) electrons. The summed E-state index contributed by atoms with van der Waals surface area (Å²) in [4.78, 5) is 12.1. The Kier molecular flexibility index (Phi) is 7.73. The lowest BCUT2D eigenvalue weighted by Crippen LogP contribution is -2.30. The SMILES string of the molecule is Cc1nn(-c2ccc(Cl)cc2)c(C)c1CC(=O)NCCC(C)N.Cl. The largest absolute Gasteiger partial charge is 0.356 e. The van der Waals surface area contributed by atoms with E-state index in [0.29, 0.717) is 18.0 Å². The van der Waals surface area contributed by atoms with Crippen molar-refractivity contribution in [3.05, 3.63) is 46.2 Å². The van der Waals surface area contributed by atoms with Gasteiger partial charge in [-0.05, 0) is 51.5 Å². The van der Waals surface area contributed by atoms with E-state index in [1.165, 1.54) is 0 Å². The number of aromatic nitrogens is 2. The third-order valence-corrected chi connectivity index (χ3v) is 4.02. The van der Waals surface area contributed by atoms with Gasteiger partial charge in [0.25, 0.3) is 0 Å². The molecule has 0 spiro atoms. The van der Waals surface area contributed by atoms with E-state index in [1.54, 1.807) is 0 Å². The Balaban J connectivity index is 0.00000288. The van der Waals surface area contributed by atoms with E-state index in [-0.39, 0.29) is 24.4 Å². The second kappa shape index (κ2) is 9.06. The standard InChI is InChI=1S/C17H23ClN4O.ClH/c1-11(19)8-9-20-17(23)10-16-12(2)21-22(13(16)3)15-6-4-14(18)5-7-15;/h4-7,11H,8-10,19H2,1-3H3,(H,20,23);1H. The monoisotopic (exact) mass is 370 g/mol. The maximum absolute atomic E-state index is 12.1.